The van der Waals surface area contributed by atoms with Gasteiger partial charge in [0.25, 0.3) is 17.5 Å². The second-order valence-electron chi connectivity index (χ2n) is 5.09. The fourth-order valence-electron chi connectivity index (χ4n) is 2.28. The molecule has 2 aromatic rings. The molecule has 1 fully saturated rings. The SMILES string of the molecule is O=C1NN(c2cccc(Cl)c2)C(=O)C1=Cc1ccc(Cl)c([N+](=O)[O-])c1. The second kappa shape index (κ2) is 6.54. The summed E-state index contributed by atoms with van der Waals surface area (Å²) in [6, 6.07) is 10.4. The van der Waals surface area contributed by atoms with Gasteiger partial charge in [0, 0.05) is 11.1 Å². The van der Waals surface area contributed by atoms with E-state index in [-0.39, 0.29) is 16.3 Å². The van der Waals surface area contributed by atoms with Gasteiger partial charge in [0.2, 0.25) is 0 Å². The van der Waals surface area contributed by atoms with E-state index >= 15 is 0 Å². The van der Waals surface area contributed by atoms with Gasteiger partial charge in [0.05, 0.1) is 10.6 Å². The molecule has 25 heavy (non-hydrogen) atoms. The van der Waals surface area contributed by atoms with Crippen molar-refractivity contribution in [1.29, 1.82) is 0 Å². The van der Waals surface area contributed by atoms with E-state index in [1.807, 2.05) is 0 Å². The van der Waals surface area contributed by atoms with Gasteiger partial charge in [0.1, 0.15) is 10.6 Å². The predicted octanol–water partition coefficient (Wildman–Crippen LogP) is 3.36. The highest BCUT2D eigenvalue weighted by molar-refractivity contribution is 6.33. The van der Waals surface area contributed by atoms with Crippen LogP contribution in [0.15, 0.2) is 48.0 Å². The number of hydrogen-bond acceptors (Lipinski definition) is 4. The zero-order valence-corrected chi connectivity index (χ0v) is 13.9. The van der Waals surface area contributed by atoms with Crippen molar-refractivity contribution in [2.24, 2.45) is 0 Å². The largest absolute Gasteiger partial charge is 0.288 e. The normalized spacial score (nSPS) is 15.6. The number of nitrogens with zero attached hydrogens (tertiary/aromatic N) is 2. The number of anilines is 1. The zero-order valence-electron chi connectivity index (χ0n) is 12.4. The fourth-order valence-corrected chi connectivity index (χ4v) is 2.65. The molecule has 2 amide bonds. The van der Waals surface area contributed by atoms with Gasteiger partial charge in [-0.15, -0.1) is 0 Å². The summed E-state index contributed by atoms with van der Waals surface area (Å²) in [7, 11) is 0. The molecule has 0 radical (unpaired) electrons. The summed E-state index contributed by atoms with van der Waals surface area (Å²) in [4.78, 5) is 34.9. The lowest BCUT2D eigenvalue weighted by atomic mass is 10.1. The Balaban J connectivity index is 1.97. The third-order valence-corrected chi connectivity index (χ3v) is 3.99. The van der Waals surface area contributed by atoms with Crippen molar-refractivity contribution in [3.05, 3.63) is 73.8 Å². The van der Waals surface area contributed by atoms with Crippen LogP contribution in [-0.4, -0.2) is 16.7 Å². The van der Waals surface area contributed by atoms with E-state index in [4.69, 9.17) is 23.2 Å². The lowest BCUT2D eigenvalue weighted by Crippen LogP contribution is -2.35. The second-order valence-corrected chi connectivity index (χ2v) is 5.93. The first kappa shape index (κ1) is 16.9. The van der Waals surface area contributed by atoms with Crippen molar-refractivity contribution in [2.75, 3.05) is 5.01 Å². The molecule has 0 unspecified atom stereocenters. The van der Waals surface area contributed by atoms with Crippen molar-refractivity contribution < 1.29 is 14.5 Å². The molecule has 2 aromatic carbocycles. The summed E-state index contributed by atoms with van der Waals surface area (Å²) >= 11 is 11.6. The van der Waals surface area contributed by atoms with Crippen LogP contribution in [0, 0.1) is 10.1 Å². The maximum Gasteiger partial charge on any atom is 0.288 e. The number of rotatable bonds is 3. The summed E-state index contributed by atoms with van der Waals surface area (Å²) in [5.74, 6) is -1.22. The minimum absolute atomic E-state index is 0.0325. The summed E-state index contributed by atoms with van der Waals surface area (Å²) in [5, 5.41) is 12.4. The molecule has 0 atom stereocenters. The van der Waals surface area contributed by atoms with Crippen LogP contribution in [0.25, 0.3) is 6.08 Å². The van der Waals surface area contributed by atoms with Crippen LogP contribution in [0.5, 0.6) is 0 Å². The van der Waals surface area contributed by atoms with E-state index in [1.54, 1.807) is 18.2 Å². The van der Waals surface area contributed by atoms with E-state index in [1.165, 1.54) is 30.3 Å². The van der Waals surface area contributed by atoms with Crippen molar-refractivity contribution in [2.45, 2.75) is 0 Å². The number of carbonyl (C=O) groups is 2. The van der Waals surface area contributed by atoms with Gasteiger partial charge < -0.3 is 0 Å². The highest BCUT2D eigenvalue weighted by atomic mass is 35.5. The Morgan fingerprint density at radius 1 is 1.12 bits per heavy atom. The van der Waals surface area contributed by atoms with Crippen molar-refractivity contribution in [3.8, 4) is 0 Å². The van der Waals surface area contributed by atoms with Gasteiger partial charge in [-0.05, 0) is 35.9 Å². The summed E-state index contributed by atoms with van der Waals surface area (Å²) in [6.45, 7) is 0. The molecule has 0 bridgehead atoms. The first-order valence-corrected chi connectivity index (χ1v) is 7.69. The van der Waals surface area contributed by atoms with Crippen LogP contribution in [0.1, 0.15) is 5.56 Å². The molecule has 9 heteroatoms. The molecule has 7 nitrogen and oxygen atoms in total. The number of halogens is 2. The molecule has 126 valence electrons. The van der Waals surface area contributed by atoms with Crippen LogP contribution in [0.2, 0.25) is 10.0 Å². The van der Waals surface area contributed by atoms with E-state index < -0.39 is 16.7 Å². The third kappa shape index (κ3) is 3.33. The number of nitrogens with one attached hydrogen (secondary N) is 1. The number of carbonyl (C=O) groups excluding carboxylic acids is 2. The molecule has 0 spiro atoms. The van der Waals surface area contributed by atoms with E-state index in [2.05, 4.69) is 5.43 Å². The number of amides is 2. The maximum absolute atomic E-state index is 12.5. The van der Waals surface area contributed by atoms with E-state index in [0.717, 1.165) is 5.01 Å². The Morgan fingerprint density at radius 3 is 2.56 bits per heavy atom. The highest BCUT2D eigenvalue weighted by Crippen LogP contribution is 2.28. The first-order chi connectivity index (χ1) is 11.9. The number of benzene rings is 2. The van der Waals surface area contributed by atoms with Gasteiger partial charge in [0.15, 0.2) is 0 Å². The summed E-state index contributed by atoms with van der Waals surface area (Å²) in [5.41, 5.74) is 2.66. The van der Waals surface area contributed by atoms with Crippen LogP contribution >= 0.6 is 23.2 Å². The third-order valence-electron chi connectivity index (χ3n) is 3.44. The molecule has 1 aliphatic heterocycles. The maximum atomic E-state index is 12.5. The Morgan fingerprint density at radius 2 is 1.88 bits per heavy atom. The Bertz CT molecular complexity index is 943. The predicted molar refractivity (Wildman–Crippen MR) is 93.2 cm³/mol. The smallest absolute Gasteiger partial charge is 0.267 e. The van der Waals surface area contributed by atoms with Crippen molar-refractivity contribution in [1.82, 2.24) is 5.43 Å². The Hall–Kier alpha value is -2.90. The number of nitro benzene ring substituents is 1. The fraction of sp³-hybridized carbons (Fsp3) is 0. The summed E-state index contributed by atoms with van der Waals surface area (Å²) in [6.07, 6.45) is 1.27. The topological polar surface area (TPSA) is 92.6 Å². The monoisotopic (exact) mass is 377 g/mol. The van der Waals surface area contributed by atoms with E-state index in [0.29, 0.717) is 16.3 Å². The average Bonchev–Trinajstić information content (AvgIpc) is 2.84. The van der Waals surface area contributed by atoms with Crippen LogP contribution in [-0.2, 0) is 9.59 Å². The van der Waals surface area contributed by atoms with Gasteiger partial charge >= 0.3 is 0 Å². The number of hydrazine groups is 1. The first-order valence-electron chi connectivity index (χ1n) is 6.93. The minimum Gasteiger partial charge on any atom is -0.267 e. The molecule has 1 aliphatic rings. The molecule has 0 saturated carbocycles. The van der Waals surface area contributed by atoms with Gasteiger partial charge in [-0.1, -0.05) is 35.3 Å². The van der Waals surface area contributed by atoms with E-state index in [9.17, 15) is 19.7 Å². The Kier molecular flexibility index (Phi) is 4.43. The van der Waals surface area contributed by atoms with Crippen LogP contribution in [0.4, 0.5) is 11.4 Å². The average molecular weight is 378 g/mol. The van der Waals surface area contributed by atoms with Gasteiger partial charge in [-0.2, -0.15) is 0 Å². The molecule has 0 aromatic heterocycles. The molecular formula is C16H9Cl2N3O4. The summed E-state index contributed by atoms with van der Waals surface area (Å²) < 4.78 is 0. The van der Waals surface area contributed by atoms with Crippen LogP contribution in [0.3, 0.4) is 0 Å². The van der Waals surface area contributed by atoms with Crippen molar-refractivity contribution in [3.63, 3.8) is 0 Å². The lowest BCUT2D eigenvalue weighted by molar-refractivity contribution is -0.384. The van der Waals surface area contributed by atoms with Gasteiger partial charge in [-0.3, -0.25) is 25.1 Å². The van der Waals surface area contributed by atoms with Crippen molar-refractivity contribution >= 4 is 52.5 Å². The van der Waals surface area contributed by atoms with Crippen LogP contribution < -0.4 is 10.4 Å². The molecular weight excluding hydrogens is 369 g/mol. The molecule has 0 aliphatic carbocycles. The lowest BCUT2D eigenvalue weighted by Gasteiger charge is -2.14. The zero-order chi connectivity index (χ0) is 18.1. The number of nitro groups is 1. The minimum atomic E-state index is -0.640. The Labute approximate surface area is 151 Å². The quantitative estimate of drug-likeness (QED) is 0.384. The van der Waals surface area contributed by atoms with Gasteiger partial charge in [-0.25, -0.2) is 5.01 Å². The standard InChI is InChI=1S/C16H9Cl2N3O4/c17-10-2-1-3-11(8-10)20-16(23)12(15(22)19-20)6-9-4-5-13(18)14(7-9)21(24)25/h1-8H,(H,19,22). The molecule has 3 rings (SSSR count). The highest BCUT2D eigenvalue weighted by Gasteiger charge is 2.34. The number of hydrogen-bond donors (Lipinski definition) is 1. The molecule has 1 saturated heterocycles. The molecule has 1 heterocycles. The molecule has 1 N–H and O–H groups in total.